The van der Waals surface area contributed by atoms with Crippen LogP contribution in [-0.4, -0.2) is 23.6 Å². The third-order valence-electron chi connectivity index (χ3n) is 3.98. The molecule has 1 atom stereocenters. The third-order valence-corrected chi connectivity index (χ3v) is 3.98. The average Bonchev–Trinajstić information content (AvgIpc) is 2.86. The quantitative estimate of drug-likeness (QED) is 0.380. The number of para-hydroxylation sites is 1. The summed E-state index contributed by atoms with van der Waals surface area (Å²) in [6.07, 6.45) is 2.41. The lowest BCUT2D eigenvalue weighted by Crippen LogP contribution is -2.35. The number of nitrogens with two attached hydrogens (primary N) is 1. The van der Waals surface area contributed by atoms with Crippen molar-refractivity contribution in [2.45, 2.75) is 39.7 Å². The molecule has 4 nitrogen and oxygen atoms in total. The van der Waals surface area contributed by atoms with E-state index in [1.165, 1.54) is 18.4 Å². The number of aryl methyl sites for hydroxylation is 1. The summed E-state index contributed by atoms with van der Waals surface area (Å²) in [7, 11) is 0. The van der Waals surface area contributed by atoms with Crippen LogP contribution in [0.25, 0.3) is 0 Å². The van der Waals surface area contributed by atoms with Gasteiger partial charge >= 0.3 is 0 Å². The van der Waals surface area contributed by atoms with Gasteiger partial charge in [0.2, 0.25) is 0 Å². The van der Waals surface area contributed by atoms with E-state index in [0.717, 1.165) is 17.8 Å². The van der Waals surface area contributed by atoms with Gasteiger partial charge in [-0.25, -0.2) is 0 Å². The van der Waals surface area contributed by atoms with Crippen molar-refractivity contribution >= 4 is 11.5 Å². The van der Waals surface area contributed by atoms with Gasteiger partial charge < -0.3 is 15.8 Å². The minimum Gasteiger partial charge on any atom is -0.409 e. The van der Waals surface area contributed by atoms with E-state index in [9.17, 15) is 0 Å². The van der Waals surface area contributed by atoms with Gasteiger partial charge in [0.05, 0.1) is 5.69 Å². The molecule has 1 aliphatic heterocycles. The van der Waals surface area contributed by atoms with Crippen molar-refractivity contribution in [3.8, 4) is 0 Å². The summed E-state index contributed by atoms with van der Waals surface area (Å²) in [5, 5.41) is 12.1. The largest absolute Gasteiger partial charge is 0.409 e. The Bertz CT molecular complexity index is 482. The molecule has 1 aromatic rings. The van der Waals surface area contributed by atoms with Gasteiger partial charge in [-0.15, -0.1) is 0 Å². The van der Waals surface area contributed by atoms with Crippen LogP contribution < -0.4 is 10.6 Å². The highest BCUT2D eigenvalue weighted by Crippen LogP contribution is 2.34. The molecule has 1 aromatic carbocycles. The SMILES string of the molecule is Cc1cccc(/C(N)=N/O)c1N1CCCC1C(C)C. The van der Waals surface area contributed by atoms with Crippen LogP contribution in [0.3, 0.4) is 0 Å². The Labute approximate surface area is 114 Å². The summed E-state index contributed by atoms with van der Waals surface area (Å²) in [5.41, 5.74) is 8.95. The number of oxime groups is 1. The fourth-order valence-electron chi connectivity index (χ4n) is 3.06. The number of nitrogens with zero attached hydrogens (tertiary/aromatic N) is 2. The average molecular weight is 261 g/mol. The fourth-order valence-corrected chi connectivity index (χ4v) is 3.06. The lowest BCUT2D eigenvalue weighted by molar-refractivity contribution is 0.318. The summed E-state index contributed by atoms with van der Waals surface area (Å²) in [4.78, 5) is 2.42. The Hall–Kier alpha value is -1.71. The van der Waals surface area contributed by atoms with Crippen LogP contribution in [0.5, 0.6) is 0 Å². The normalized spacial score (nSPS) is 20.3. The summed E-state index contributed by atoms with van der Waals surface area (Å²) in [6.45, 7) is 7.63. The highest BCUT2D eigenvalue weighted by Gasteiger charge is 2.30. The highest BCUT2D eigenvalue weighted by molar-refractivity contribution is 6.03. The number of anilines is 1. The molecule has 0 amide bonds. The van der Waals surface area contributed by atoms with Crippen LogP contribution in [0.2, 0.25) is 0 Å². The standard InChI is InChI=1S/C15H23N3O/c1-10(2)13-8-5-9-18(13)14-11(3)6-4-7-12(14)15(16)17-19/h4,6-7,10,13,19H,5,8-9H2,1-3H3,(H2,16,17). The van der Waals surface area contributed by atoms with Crippen molar-refractivity contribution < 1.29 is 5.21 Å². The van der Waals surface area contributed by atoms with Gasteiger partial charge in [0, 0.05) is 18.2 Å². The van der Waals surface area contributed by atoms with Gasteiger partial charge in [0.1, 0.15) is 0 Å². The first-order valence-corrected chi connectivity index (χ1v) is 6.90. The van der Waals surface area contributed by atoms with Crippen LogP contribution in [0.15, 0.2) is 23.4 Å². The van der Waals surface area contributed by atoms with E-state index >= 15 is 0 Å². The monoisotopic (exact) mass is 261 g/mol. The lowest BCUT2D eigenvalue weighted by Gasteiger charge is -2.32. The predicted molar refractivity (Wildman–Crippen MR) is 78.9 cm³/mol. The maximum Gasteiger partial charge on any atom is 0.172 e. The Balaban J connectivity index is 2.49. The zero-order chi connectivity index (χ0) is 14.0. The van der Waals surface area contributed by atoms with Crippen LogP contribution in [0.4, 0.5) is 5.69 Å². The molecule has 0 saturated carbocycles. The first kappa shape index (κ1) is 13.7. The van der Waals surface area contributed by atoms with Crippen molar-refractivity contribution in [1.82, 2.24) is 0 Å². The first-order valence-electron chi connectivity index (χ1n) is 6.90. The molecule has 19 heavy (non-hydrogen) atoms. The van der Waals surface area contributed by atoms with E-state index in [0.29, 0.717) is 12.0 Å². The number of benzene rings is 1. The Morgan fingerprint density at radius 3 is 2.84 bits per heavy atom. The van der Waals surface area contributed by atoms with Gasteiger partial charge in [0.25, 0.3) is 0 Å². The third kappa shape index (κ3) is 2.53. The Morgan fingerprint density at radius 2 is 2.21 bits per heavy atom. The Morgan fingerprint density at radius 1 is 1.47 bits per heavy atom. The molecule has 1 saturated heterocycles. The molecule has 1 fully saturated rings. The number of hydrogen-bond acceptors (Lipinski definition) is 3. The summed E-state index contributed by atoms with van der Waals surface area (Å²) < 4.78 is 0. The van der Waals surface area contributed by atoms with E-state index in [-0.39, 0.29) is 5.84 Å². The second-order valence-electron chi connectivity index (χ2n) is 5.60. The molecule has 1 heterocycles. The topological polar surface area (TPSA) is 61.9 Å². The molecule has 0 aliphatic carbocycles. The summed E-state index contributed by atoms with van der Waals surface area (Å²) in [6, 6.07) is 6.49. The highest BCUT2D eigenvalue weighted by atomic mass is 16.4. The van der Waals surface area contributed by atoms with Crippen LogP contribution in [0, 0.1) is 12.8 Å². The zero-order valence-corrected chi connectivity index (χ0v) is 11.9. The van der Waals surface area contributed by atoms with Gasteiger partial charge in [-0.05, 0) is 37.3 Å². The molecule has 4 heteroatoms. The number of amidine groups is 1. The van der Waals surface area contributed by atoms with E-state index in [4.69, 9.17) is 10.9 Å². The molecule has 104 valence electrons. The van der Waals surface area contributed by atoms with Crippen LogP contribution in [-0.2, 0) is 0 Å². The molecule has 1 unspecified atom stereocenters. The second kappa shape index (κ2) is 5.51. The molecular formula is C15H23N3O. The maximum atomic E-state index is 8.97. The summed E-state index contributed by atoms with van der Waals surface area (Å²) >= 11 is 0. The molecular weight excluding hydrogens is 238 g/mol. The first-order chi connectivity index (χ1) is 9.06. The molecule has 0 radical (unpaired) electrons. The van der Waals surface area contributed by atoms with E-state index < -0.39 is 0 Å². The number of hydrogen-bond donors (Lipinski definition) is 2. The molecule has 0 aromatic heterocycles. The van der Waals surface area contributed by atoms with Gasteiger partial charge in [-0.3, -0.25) is 0 Å². The van der Waals surface area contributed by atoms with Gasteiger partial charge in [-0.1, -0.05) is 31.1 Å². The predicted octanol–water partition coefficient (Wildman–Crippen LogP) is 2.71. The molecule has 0 bridgehead atoms. The van der Waals surface area contributed by atoms with Crippen molar-refractivity contribution in [2.75, 3.05) is 11.4 Å². The second-order valence-corrected chi connectivity index (χ2v) is 5.60. The van der Waals surface area contributed by atoms with Gasteiger partial charge in [-0.2, -0.15) is 0 Å². The minimum atomic E-state index is 0.188. The van der Waals surface area contributed by atoms with E-state index in [1.807, 2.05) is 12.1 Å². The maximum absolute atomic E-state index is 8.97. The minimum absolute atomic E-state index is 0.188. The van der Waals surface area contributed by atoms with Gasteiger partial charge in [0.15, 0.2) is 5.84 Å². The zero-order valence-electron chi connectivity index (χ0n) is 11.9. The Kier molecular flexibility index (Phi) is 3.98. The van der Waals surface area contributed by atoms with Crippen molar-refractivity contribution in [3.63, 3.8) is 0 Å². The van der Waals surface area contributed by atoms with Crippen LogP contribution >= 0.6 is 0 Å². The lowest BCUT2D eigenvalue weighted by atomic mass is 9.99. The van der Waals surface area contributed by atoms with E-state index in [2.05, 4.69) is 36.9 Å². The summed E-state index contributed by atoms with van der Waals surface area (Å²) in [5.74, 6) is 0.787. The molecule has 1 aliphatic rings. The van der Waals surface area contributed by atoms with Crippen molar-refractivity contribution in [1.29, 1.82) is 0 Å². The number of rotatable bonds is 3. The molecule has 0 spiro atoms. The van der Waals surface area contributed by atoms with Crippen molar-refractivity contribution in [2.24, 2.45) is 16.8 Å². The van der Waals surface area contributed by atoms with Crippen LogP contribution in [0.1, 0.15) is 37.8 Å². The van der Waals surface area contributed by atoms with Crippen molar-refractivity contribution in [3.05, 3.63) is 29.3 Å². The molecule has 2 rings (SSSR count). The fraction of sp³-hybridized carbons (Fsp3) is 0.533. The van der Waals surface area contributed by atoms with E-state index in [1.54, 1.807) is 0 Å². The smallest absolute Gasteiger partial charge is 0.172 e. The molecule has 3 N–H and O–H groups in total.